The first-order chi connectivity index (χ1) is 17.4. The molecule has 3 heteroatoms. The fraction of sp³-hybridized carbons (Fsp3) is 0.250. The molecule has 1 nitrogen and oxygen atoms in total. The predicted molar refractivity (Wildman–Crippen MR) is 153 cm³/mol. The van der Waals surface area contributed by atoms with E-state index in [1.807, 2.05) is 0 Å². The lowest BCUT2D eigenvalue weighted by molar-refractivity contribution is 0.314. The molecule has 0 N–H and O–H groups in total. The lowest BCUT2D eigenvalue weighted by atomic mass is 9.94. The molecule has 1 aliphatic heterocycles. The first-order valence-corrected chi connectivity index (χ1v) is 15.7. The molecule has 176 valence electrons. The first-order valence-electron chi connectivity index (χ1n) is 13.0. The molecule has 35 heavy (non-hydrogen) atoms. The van der Waals surface area contributed by atoms with Crippen molar-refractivity contribution < 1.29 is 0 Å². The predicted octanol–water partition coefficient (Wildman–Crippen LogP) is 8.56. The summed E-state index contributed by atoms with van der Waals surface area (Å²) < 4.78 is 3.10. The van der Waals surface area contributed by atoms with Gasteiger partial charge < -0.3 is 0 Å². The SMILES string of the molecule is c1ccc([C@@H]2CC[C@@H](c3ccccc3)P2N(C2CCC2)P(c2ccccc2)c2ccccc2)cc1. The van der Waals surface area contributed by atoms with E-state index in [1.54, 1.807) is 0 Å². The summed E-state index contributed by atoms with van der Waals surface area (Å²) in [6.45, 7) is 0. The highest BCUT2D eigenvalue weighted by atomic mass is 31.2. The largest absolute Gasteiger partial charge is 0.248 e. The van der Waals surface area contributed by atoms with E-state index in [2.05, 4.69) is 126 Å². The van der Waals surface area contributed by atoms with Crippen LogP contribution in [0.25, 0.3) is 0 Å². The minimum absolute atomic E-state index is 0.406. The number of benzene rings is 4. The van der Waals surface area contributed by atoms with Crippen LogP contribution in [-0.4, -0.2) is 10.5 Å². The molecule has 2 atom stereocenters. The average Bonchev–Trinajstić information content (AvgIpc) is 3.34. The fourth-order valence-electron chi connectivity index (χ4n) is 5.67. The van der Waals surface area contributed by atoms with Gasteiger partial charge >= 0.3 is 0 Å². The van der Waals surface area contributed by atoms with Crippen molar-refractivity contribution in [1.29, 1.82) is 0 Å². The topological polar surface area (TPSA) is 3.24 Å². The van der Waals surface area contributed by atoms with Crippen molar-refractivity contribution in [3.05, 3.63) is 132 Å². The van der Waals surface area contributed by atoms with Crippen LogP contribution in [0.4, 0.5) is 0 Å². The third-order valence-electron chi connectivity index (χ3n) is 7.57. The normalized spacial score (nSPS) is 20.9. The van der Waals surface area contributed by atoms with E-state index in [0.717, 1.165) is 0 Å². The smallest absolute Gasteiger partial charge is 0.0321 e. The van der Waals surface area contributed by atoms with Crippen LogP contribution in [0.5, 0.6) is 0 Å². The van der Waals surface area contributed by atoms with Crippen molar-refractivity contribution in [3.63, 3.8) is 0 Å². The summed E-state index contributed by atoms with van der Waals surface area (Å²) in [6, 6.07) is 46.3. The molecular formula is C32H33NP2. The Kier molecular flexibility index (Phi) is 7.11. The fourth-order valence-corrected chi connectivity index (χ4v) is 13.5. The maximum atomic E-state index is 3.10. The van der Waals surface area contributed by atoms with Gasteiger partial charge in [-0.1, -0.05) is 128 Å². The Bertz CT molecular complexity index is 1110. The highest BCUT2D eigenvalue weighted by Crippen LogP contribution is 2.77. The van der Waals surface area contributed by atoms with Crippen molar-refractivity contribution >= 4 is 26.8 Å². The van der Waals surface area contributed by atoms with E-state index in [1.165, 1.54) is 53.8 Å². The summed E-state index contributed by atoms with van der Waals surface area (Å²) in [6.07, 6.45) is 6.60. The standard InChI is InChI=1S/C32H33NP2/c1-5-14-26(15-6-1)31-24-25-32(27-16-7-2-8-17-27)35(31)33(28-18-13-19-28)34(29-20-9-3-10-21-29)30-22-11-4-12-23-30/h1-12,14-17,20-23,28,31-32H,13,18-19,24-25H2/t31-,32-/m0/s1. The molecule has 0 spiro atoms. The van der Waals surface area contributed by atoms with Crippen LogP contribution >= 0.6 is 16.1 Å². The molecular weight excluding hydrogens is 460 g/mol. The molecule has 1 heterocycles. The van der Waals surface area contributed by atoms with E-state index in [-0.39, 0.29) is 0 Å². The molecule has 1 saturated carbocycles. The monoisotopic (exact) mass is 493 g/mol. The van der Waals surface area contributed by atoms with Crippen molar-refractivity contribution in [2.24, 2.45) is 0 Å². The highest BCUT2D eigenvalue weighted by molar-refractivity contribution is 7.79. The van der Waals surface area contributed by atoms with E-state index >= 15 is 0 Å². The molecule has 0 radical (unpaired) electrons. The summed E-state index contributed by atoms with van der Waals surface area (Å²) in [5.41, 5.74) is 4.32. The maximum absolute atomic E-state index is 3.10. The highest BCUT2D eigenvalue weighted by Gasteiger charge is 2.47. The third kappa shape index (κ3) is 4.75. The van der Waals surface area contributed by atoms with E-state index in [4.69, 9.17) is 0 Å². The Morgan fingerprint density at radius 3 is 1.29 bits per heavy atom. The van der Waals surface area contributed by atoms with Crippen LogP contribution in [0.3, 0.4) is 0 Å². The van der Waals surface area contributed by atoms with Gasteiger partial charge in [0.1, 0.15) is 0 Å². The number of hydrogen-bond donors (Lipinski definition) is 0. The second-order valence-corrected chi connectivity index (χ2v) is 14.5. The zero-order valence-corrected chi connectivity index (χ0v) is 21.9. The van der Waals surface area contributed by atoms with Crippen LogP contribution in [0, 0.1) is 0 Å². The van der Waals surface area contributed by atoms with Gasteiger partial charge in [-0.15, -0.1) is 0 Å². The quantitative estimate of drug-likeness (QED) is 0.233. The van der Waals surface area contributed by atoms with Gasteiger partial charge in [0.25, 0.3) is 0 Å². The van der Waals surface area contributed by atoms with Gasteiger partial charge in [-0.05, 0) is 55.5 Å². The van der Waals surface area contributed by atoms with Crippen LogP contribution in [0.1, 0.15) is 54.5 Å². The van der Waals surface area contributed by atoms with E-state index in [9.17, 15) is 0 Å². The Balaban J connectivity index is 1.52. The minimum atomic E-state index is -0.591. The van der Waals surface area contributed by atoms with Gasteiger partial charge in [-0.25, -0.2) is 4.44 Å². The maximum Gasteiger partial charge on any atom is 0.0321 e. The molecule has 4 aromatic carbocycles. The molecule has 0 aromatic heterocycles. The number of nitrogens with zero attached hydrogens (tertiary/aromatic N) is 1. The van der Waals surface area contributed by atoms with E-state index in [0.29, 0.717) is 17.4 Å². The molecule has 6 rings (SSSR count). The van der Waals surface area contributed by atoms with Crippen LogP contribution in [0.15, 0.2) is 121 Å². The average molecular weight is 494 g/mol. The zero-order valence-electron chi connectivity index (χ0n) is 20.2. The van der Waals surface area contributed by atoms with Crippen molar-refractivity contribution in [2.75, 3.05) is 0 Å². The van der Waals surface area contributed by atoms with Gasteiger partial charge in [0.05, 0.1) is 0 Å². The second kappa shape index (κ2) is 10.8. The number of rotatable bonds is 7. The lowest BCUT2D eigenvalue weighted by Crippen LogP contribution is -2.38. The Morgan fingerprint density at radius 2 is 0.914 bits per heavy atom. The molecule has 0 bridgehead atoms. The summed E-state index contributed by atoms with van der Waals surface area (Å²) >= 11 is 0. The molecule has 1 aliphatic carbocycles. The van der Waals surface area contributed by atoms with Gasteiger partial charge in [-0.3, -0.25) is 0 Å². The Morgan fingerprint density at radius 1 is 0.514 bits per heavy atom. The first kappa shape index (κ1) is 23.1. The molecule has 0 amide bonds. The van der Waals surface area contributed by atoms with Crippen molar-refractivity contribution in [1.82, 2.24) is 4.44 Å². The third-order valence-corrected chi connectivity index (χ3v) is 14.2. The number of hydrogen-bond acceptors (Lipinski definition) is 1. The van der Waals surface area contributed by atoms with Gasteiger partial charge in [0.2, 0.25) is 0 Å². The molecule has 4 aromatic rings. The second-order valence-electron chi connectivity index (χ2n) is 9.70. The zero-order chi connectivity index (χ0) is 23.5. The Hall–Kier alpha value is -2.30. The Labute approximate surface area is 212 Å². The van der Waals surface area contributed by atoms with Gasteiger partial charge in [-0.2, -0.15) is 0 Å². The lowest BCUT2D eigenvalue weighted by Gasteiger charge is -2.49. The molecule has 2 fully saturated rings. The summed E-state index contributed by atoms with van der Waals surface area (Å²) in [4.78, 5) is 0. The van der Waals surface area contributed by atoms with Crippen LogP contribution in [0.2, 0.25) is 0 Å². The van der Waals surface area contributed by atoms with E-state index < -0.39 is 16.1 Å². The summed E-state index contributed by atoms with van der Waals surface area (Å²) in [5.74, 6) is 0. The minimum Gasteiger partial charge on any atom is -0.248 e. The molecule has 2 aliphatic rings. The van der Waals surface area contributed by atoms with Crippen LogP contribution < -0.4 is 10.6 Å². The summed E-state index contributed by atoms with van der Waals surface area (Å²) in [7, 11) is -0.998. The molecule has 0 unspecified atom stereocenters. The van der Waals surface area contributed by atoms with Crippen molar-refractivity contribution in [2.45, 2.75) is 49.5 Å². The van der Waals surface area contributed by atoms with Gasteiger partial charge in [0.15, 0.2) is 0 Å². The van der Waals surface area contributed by atoms with Crippen LogP contribution in [-0.2, 0) is 0 Å². The summed E-state index contributed by atoms with van der Waals surface area (Å²) in [5, 5.41) is 2.99. The molecule has 1 saturated heterocycles. The van der Waals surface area contributed by atoms with Crippen molar-refractivity contribution in [3.8, 4) is 0 Å². The van der Waals surface area contributed by atoms with Gasteiger partial charge in [0, 0.05) is 25.4 Å².